The van der Waals surface area contributed by atoms with E-state index in [1.54, 1.807) is 14.2 Å². The number of carbonyl (C=O) groups excluding carboxylic acids is 1. The normalized spacial score (nSPS) is 12.3. The van der Waals surface area contributed by atoms with Crippen LogP contribution in [0.1, 0.15) is 76.6 Å². The number of hydrogen-bond acceptors (Lipinski definition) is 7. The van der Waals surface area contributed by atoms with Crippen molar-refractivity contribution >= 4 is 11.8 Å². The van der Waals surface area contributed by atoms with Crippen molar-refractivity contribution in [3.63, 3.8) is 0 Å². The third-order valence-corrected chi connectivity index (χ3v) is 9.87. The summed E-state index contributed by atoms with van der Waals surface area (Å²) in [5, 5.41) is 12.3. The topological polar surface area (TPSA) is 95.5 Å². The maximum Gasteiger partial charge on any atom is 0.412 e. The fourth-order valence-corrected chi connectivity index (χ4v) is 5.84. The molecule has 292 valence electrons. The van der Waals surface area contributed by atoms with E-state index in [9.17, 15) is 9.90 Å². The molecule has 0 heterocycles. The SMILES string of the molecule is CCC(COc1ccc(C(C)(C)c2ccc(OC)cc2)cc1)OC(=O)Nc1ccccc1.CCC(O)COc1ccc(C(C)(C)c2ccc(OC)cc2)cc1. The molecule has 0 saturated heterocycles. The van der Waals surface area contributed by atoms with Crippen molar-refractivity contribution in [2.24, 2.45) is 0 Å². The van der Waals surface area contributed by atoms with Gasteiger partial charge in [-0.25, -0.2) is 4.79 Å². The molecule has 5 aromatic rings. The Balaban J connectivity index is 0.000000258. The van der Waals surface area contributed by atoms with Crippen LogP contribution in [0, 0.1) is 0 Å². The van der Waals surface area contributed by atoms with Crippen LogP contribution in [0.5, 0.6) is 23.0 Å². The third kappa shape index (κ3) is 12.3. The summed E-state index contributed by atoms with van der Waals surface area (Å²) in [6.07, 6.45) is 0.121. The second-order valence-corrected chi connectivity index (χ2v) is 14.4. The van der Waals surface area contributed by atoms with Gasteiger partial charge in [0.15, 0.2) is 0 Å². The summed E-state index contributed by atoms with van der Waals surface area (Å²) < 4.78 is 27.5. The van der Waals surface area contributed by atoms with Crippen molar-refractivity contribution in [3.05, 3.63) is 150 Å². The van der Waals surface area contributed by atoms with Gasteiger partial charge in [-0.15, -0.1) is 0 Å². The van der Waals surface area contributed by atoms with Gasteiger partial charge >= 0.3 is 6.09 Å². The first-order valence-corrected chi connectivity index (χ1v) is 18.9. The summed E-state index contributed by atoms with van der Waals surface area (Å²) in [5.74, 6) is 3.23. The fraction of sp³-hybridized carbons (Fsp3) is 0.340. The summed E-state index contributed by atoms with van der Waals surface area (Å²) in [4.78, 5) is 12.1. The Morgan fingerprint density at radius 3 is 1.31 bits per heavy atom. The largest absolute Gasteiger partial charge is 0.497 e. The molecule has 8 heteroatoms. The molecule has 0 aliphatic carbocycles. The van der Waals surface area contributed by atoms with Crippen LogP contribution in [0.3, 0.4) is 0 Å². The van der Waals surface area contributed by atoms with E-state index in [4.69, 9.17) is 23.7 Å². The molecule has 2 unspecified atom stereocenters. The summed E-state index contributed by atoms with van der Waals surface area (Å²) >= 11 is 0. The predicted molar refractivity (Wildman–Crippen MR) is 221 cm³/mol. The zero-order chi connectivity index (χ0) is 39.8. The molecule has 0 spiro atoms. The summed E-state index contributed by atoms with van der Waals surface area (Å²) in [6.45, 7) is 13.3. The van der Waals surface area contributed by atoms with Crippen molar-refractivity contribution in [2.75, 3.05) is 32.8 Å². The molecule has 0 aliphatic rings. The number of methoxy groups -OCH3 is 2. The minimum absolute atomic E-state index is 0.103. The minimum Gasteiger partial charge on any atom is -0.497 e. The van der Waals surface area contributed by atoms with Crippen LogP contribution in [0.4, 0.5) is 10.5 Å². The maximum atomic E-state index is 12.1. The lowest BCUT2D eigenvalue weighted by Crippen LogP contribution is -2.27. The highest BCUT2D eigenvalue weighted by atomic mass is 16.6. The zero-order valence-electron chi connectivity index (χ0n) is 33.5. The van der Waals surface area contributed by atoms with Crippen LogP contribution < -0.4 is 24.3 Å². The number of ether oxygens (including phenoxy) is 5. The van der Waals surface area contributed by atoms with Crippen molar-refractivity contribution in [2.45, 2.75) is 77.4 Å². The molecular formula is C47H57NO7. The fourth-order valence-electron chi connectivity index (χ4n) is 5.84. The summed E-state index contributed by atoms with van der Waals surface area (Å²) in [5.41, 5.74) is 5.27. The summed E-state index contributed by atoms with van der Waals surface area (Å²) in [6, 6.07) is 41.7. The van der Waals surface area contributed by atoms with E-state index in [0.29, 0.717) is 31.7 Å². The Morgan fingerprint density at radius 2 is 0.945 bits per heavy atom. The Morgan fingerprint density at radius 1 is 0.564 bits per heavy atom. The molecule has 55 heavy (non-hydrogen) atoms. The molecule has 2 atom stereocenters. The standard InChI is InChI=1S/C27H31NO4.C20H26O3/c1-5-23(32-26(29)28-22-9-7-6-8-10-22)19-31-25-17-13-21(14-18-25)27(2,3)20-11-15-24(30-4)16-12-20;1-5-17(21)14-23-19-12-8-16(9-13-19)20(2,3)15-6-10-18(22-4)11-7-15/h6-18,23H,5,19H2,1-4H3,(H,28,29);6-13,17,21H,5,14H2,1-4H3. The number of aliphatic hydroxyl groups is 1. The monoisotopic (exact) mass is 747 g/mol. The number of rotatable bonds is 16. The van der Waals surface area contributed by atoms with E-state index >= 15 is 0 Å². The van der Waals surface area contributed by atoms with Gasteiger partial charge < -0.3 is 28.8 Å². The van der Waals surface area contributed by atoms with Gasteiger partial charge in [0.25, 0.3) is 0 Å². The van der Waals surface area contributed by atoms with Gasteiger partial charge in [0.1, 0.15) is 42.3 Å². The lowest BCUT2D eigenvalue weighted by atomic mass is 9.78. The van der Waals surface area contributed by atoms with Gasteiger partial charge in [-0.2, -0.15) is 0 Å². The van der Waals surface area contributed by atoms with E-state index in [0.717, 1.165) is 23.0 Å². The van der Waals surface area contributed by atoms with Gasteiger partial charge in [-0.3, -0.25) is 5.32 Å². The Bertz CT molecular complexity index is 1860. The van der Waals surface area contributed by atoms with E-state index in [1.807, 2.05) is 92.7 Å². The average Bonchev–Trinajstić information content (AvgIpc) is 3.22. The second-order valence-electron chi connectivity index (χ2n) is 14.4. The molecule has 5 rings (SSSR count). The molecule has 5 aromatic carbocycles. The number of benzene rings is 5. The number of hydrogen-bond donors (Lipinski definition) is 2. The average molecular weight is 748 g/mol. The van der Waals surface area contributed by atoms with Crippen LogP contribution in [0.15, 0.2) is 127 Å². The van der Waals surface area contributed by atoms with Gasteiger partial charge in [-0.1, -0.05) is 108 Å². The third-order valence-electron chi connectivity index (χ3n) is 9.87. The number of para-hydroxylation sites is 1. The van der Waals surface area contributed by atoms with Crippen molar-refractivity contribution in [1.82, 2.24) is 0 Å². The van der Waals surface area contributed by atoms with E-state index < -0.39 is 12.2 Å². The van der Waals surface area contributed by atoms with E-state index in [1.165, 1.54) is 22.3 Å². The van der Waals surface area contributed by atoms with Gasteiger partial charge in [0, 0.05) is 16.5 Å². The van der Waals surface area contributed by atoms with Gasteiger partial charge in [0.05, 0.1) is 20.3 Å². The summed E-state index contributed by atoms with van der Waals surface area (Å²) in [7, 11) is 3.34. The van der Waals surface area contributed by atoms with E-state index in [-0.39, 0.29) is 16.9 Å². The van der Waals surface area contributed by atoms with Gasteiger partial charge in [0.2, 0.25) is 0 Å². The molecule has 0 fully saturated rings. The molecule has 8 nitrogen and oxygen atoms in total. The van der Waals surface area contributed by atoms with Crippen LogP contribution in [0.2, 0.25) is 0 Å². The molecule has 0 aliphatic heterocycles. The van der Waals surface area contributed by atoms with Gasteiger partial charge in [-0.05, 0) is 95.8 Å². The highest BCUT2D eigenvalue weighted by Crippen LogP contribution is 2.34. The van der Waals surface area contributed by atoms with E-state index in [2.05, 4.69) is 81.5 Å². The van der Waals surface area contributed by atoms with Crippen molar-refractivity contribution < 1.29 is 33.6 Å². The number of amides is 1. The molecule has 0 saturated carbocycles. The maximum absolute atomic E-state index is 12.1. The number of anilines is 1. The highest BCUT2D eigenvalue weighted by Gasteiger charge is 2.24. The van der Waals surface area contributed by atoms with Crippen molar-refractivity contribution in [3.8, 4) is 23.0 Å². The number of aliphatic hydroxyl groups excluding tert-OH is 1. The molecule has 0 bridgehead atoms. The second kappa shape index (κ2) is 20.3. The first-order chi connectivity index (χ1) is 26.4. The first kappa shape index (κ1) is 42.3. The Hall–Kier alpha value is -5.47. The predicted octanol–water partition coefficient (Wildman–Crippen LogP) is 10.6. The molecular weight excluding hydrogens is 691 g/mol. The molecule has 0 aromatic heterocycles. The molecule has 0 radical (unpaired) electrons. The van der Waals surface area contributed by atoms with Crippen LogP contribution in [-0.2, 0) is 15.6 Å². The zero-order valence-corrected chi connectivity index (χ0v) is 33.5. The quantitative estimate of drug-likeness (QED) is 0.104. The van der Waals surface area contributed by atoms with Crippen LogP contribution >= 0.6 is 0 Å². The number of carbonyl (C=O) groups is 1. The smallest absolute Gasteiger partial charge is 0.412 e. The highest BCUT2D eigenvalue weighted by molar-refractivity contribution is 5.84. The number of nitrogens with one attached hydrogen (secondary N) is 1. The molecule has 2 N–H and O–H groups in total. The Labute approximate surface area is 327 Å². The first-order valence-electron chi connectivity index (χ1n) is 18.9. The lowest BCUT2D eigenvalue weighted by Gasteiger charge is -2.26. The minimum atomic E-state index is -0.483. The lowest BCUT2D eigenvalue weighted by molar-refractivity contribution is 0.0725. The van der Waals surface area contributed by atoms with Crippen LogP contribution in [0.25, 0.3) is 0 Å². The van der Waals surface area contributed by atoms with Crippen LogP contribution in [-0.4, -0.2) is 50.8 Å². The molecule has 1 amide bonds. The Kier molecular flexibility index (Phi) is 15.6. The van der Waals surface area contributed by atoms with Crippen molar-refractivity contribution in [1.29, 1.82) is 0 Å².